The molecule has 0 radical (unpaired) electrons. The minimum absolute atomic E-state index is 0.0394. The average Bonchev–Trinajstić information content (AvgIpc) is 2.92. The lowest BCUT2D eigenvalue weighted by molar-refractivity contribution is -0.120. The molecule has 4 heteroatoms. The molecule has 19 heavy (non-hydrogen) atoms. The molecule has 1 N–H and O–H groups in total. The van der Waals surface area contributed by atoms with Crippen LogP contribution >= 0.6 is 11.3 Å². The Morgan fingerprint density at radius 1 is 1.26 bits per heavy atom. The maximum atomic E-state index is 11.8. The zero-order valence-corrected chi connectivity index (χ0v) is 11.7. The molecule has 2 rings (SSSR count). The molecule has 0 atom stereocenters. The van der Waals surface area contributed by atoms with Gasteiger partial charge >= 0.3 is 0 Å². The highest BCUT2D eigenvalue weighted by atomic mass is 32.1. The Morgan fingerprint density at radius 2 is 2.05 bits per heavy atom. The third kappa shape index (κ3) is 4.41. The predicted molar refractivity (Wildman–Crippen MR) is 77.5 cm³/mol. The summed E-state index contributed by atoms with van der Waals surface area (Å²) in [5.41, 5.74) is 0.993. The summed E-state index contributed by atoms with van der Waals surface area (Å²) in [5, 5.41) is 4.92. The molecule has 0 spiro atoms. The van der Waals surface area contributed by atoms with Crippen molar-refractivity contribution in [1.29, 1.82) is 0 Å². The minimum atomic E-state index is 0.0394. The van der Waals surface area contributed by atoms with Crippen LogP contribution < -0.4 is 10.1 Å². The fourth-order valence-electron chi connectivity index (χ4n) is 1.72. The molecule has 1 aromatic heterocycles. The summed E-state index contributed by atoms with van der Waals surface area (Å²) < 4.78 is 5.36. The molecule has 0 aliphatic rings. The summed E-state index contributed by atoms with van der Waals surface area (Å²) in [5.74, 6) is 0.878. The lowest BCUT2D eigenvalue weighted by atomic mass is 10.1. The lowest BCUT2D eigenvalue weighted by Crippen LogP contribution is -2.24. The number of thiophene rings is 1. The van der Waals surface area contributed by atoms with Gasteiger partial charge in [-0.3, -0.25) is 4.79 Å². The molecule has 1 amide bonds. The van der Waals surface area contributed by atoms with Gasteiger partial charge < -0.3 is 10.1 Å². The predicted octanol–water partition coefficient (Wildman–Crippen LogP) is 3.01. The van der Waals surface area contributed by atoms with Gasteiger partial charge in [0, 0.05) is 4.88 Å². The number of benzene rings is 1. The molecule has 0 saturated heterocycles. The topological polar surface area (TPSA) is 38.3 Å². The van der Waals surface area contributed by atoms with Crippen LogP contribution in [0.1, 0.15) is 17.4 Å². The summed E-state index contributed by atoms with van der Waals surface area (Å²) in [4.78, 5) is 12.9. The fourth-order valence-corrected chi connectivity index (χ4v) is 2.36. The highest BCUT2D eigenvalue weighted by Crippen LogP contribution is 2.12. The third-order valence-electron chi connectivity index (χ3n) is 2.64. The Morgan fingerprint density at radius 3 is 2.68 bits per heavy atom. The molecule has 0 aliphatic carbocycles. The summed E-state index contributed by atoms with van der Waals surface area (Å²) in [6.45, 7) is 3.21. The van der Waals surface area contributed by atoms with E-state index in [0.717, 1.165) is 11.3 Å². The van der Waals surface area contributed by atoms with Crippen molar-refractivity contribution in [1.82, 2.24) is 5.32 Å². The molecule has 100 valence electrons. The van der Waals surface area contributed by atoms with Crippen molar-refractivity contribution in [3.05, 3.63) is 52.2 Å². The van der Waals surface area contributed by atoms with E-state index in [-0.39, 0.29) is 5.91 Å². The van der Waals surface area contributed by atoms with Crippen LogP contribution in [0, 0.1) is 0 Å². The van der Waals surface area contributed by atoms with Crippen LogP contribution in [0.5, 0.6) is 5.75 Å². The van der Waals surface area contributed by atoms with Crippen molar-refractivity contribution in [3.8, 4) is 5.75 Å². The first-order valence-electron chi connectivity index (χ1n) is 6.28. The van der Waals surface area contributed by atoms with E-state index in [1.807, 2.05) is 48.7 Å². The number of amides is 1. The molecule has 1 aromatic carbocycles. The highest BCUT2D eigenvalue weighted by Gasteiger charge is 2.04. The van der Waals surface area contributed by atoms with Crippen molar-refractivity contribution in [2.75, 3.05) is 6.61 Å². The van der Waals surface area contributed by atoms with Gasteiger partial charge in [-0.2, -0.15) is 0 Å². The Balaban J connectivity index is 1.81. The van der Waals surface area contributed by atoms with Crippen molar-refractivity contribution < 1.29 is 9.53 Å². The van der Waals surface area contributed by atoms with E-state index < -0.39 is 0 Å². The minimum Gasteiger partial charge on any atom is -0.494 e. The largest absolute Gasteiger partial charge is 0.494 e. The van der Waals surface area contributed by atoms with E-state index in [4.69, 9.17) is 4.74 Å². The molecule has 1 heterocycles. The maximum absolute atomic E-state index is 11.8. The number of ether oxygens (including phenoxy) is 1. The maximum Gasteiger partial charge on any atom is 0.224 e. The van der Waals surface area contributed by atoms with E-state index in [2.05, 4.69) is 5.32 Å². The Labute approximate surface area is 117 Å². The van der Waals surface area contributed by atoms with Gasteiger partial charge in [0.2, 0.25) is 5.91 Å². The van der Waals surface area contributed by atoms with Gasteiger partial charge in [0.15, 0.2) is 0 Å². The second-order valence-corrected chi connectivity index (χ2v) is 5.14. The first-order valence-corrected chi connectivity index (χ1v) is 7.16. The van der Waals surface area contributed by atoms with Gasteiger partial charge in [0.1, 0.15) is 5.75 Å². The molecular formula is C15H17NO2S. The van der Waals surface area contributed by atoms with E-state index in [0.29, 0.717) is 19.6 Å². The smallest absolute Gasteiger partial charge is 0.224 e. The lowest BCUT2D eigenvalue weighted by Gasteiger charge is -2.06. The van der Waals surface area contributed by atoms with Crippen LogP contribution in [0.2, 0.25) is 0 Å². The normalized spacial score (nSPS) is 10.2. The number of nitrogens with one attached hydrogen (secondary N) is 1. The molecule has 0 bridgehead atoms. The van der Waals surface area contributed by atoms with Crippen LogP contribution in [0.3, 0.4) is 0 Å². The summed E-state index contributed by atoms with van der Waals surface area (Å²) in [7, 11) is 0. The Kier molecular flexibility index (Phi) is 4.98. The number of hydrogen-bond acceptors (Lipinski definition) is 3. The van der Waals surface area contributed by atoms with Crippen LogP contribution in [-0.2, 0) is 17.8 Å². The molecule has 0 unspecified atom stereocenters. The second-order valence-electron chi connectivity index (χ2n) is 4.11. The molecular weight excluding hydrogens is 258 g/mol. The van der Waals surface area contributed by atoms with Crippen LogP contribution in [0.15, 0.2) is 41.8 Å². The quantitative estimate of drug-likeness (QED) is 0.880. The zero-order chi connectivity index (χ0) is 13.5. The van der Waals surface area contributed by atoms with Gasteiger partial charge in [-0.25, -0.2) is 0 Å². The first-order chi connectivity index (χ1) is 9.28. The van der Waals surface area contributed by atoms with E-state index in [1.165, 1.54) is 4.88 Å². The van der Waals surface area contributed by atoms with E-state index in [9.17, 15) is 4.79 Å². The van der Waals surface area contributed by atoms with Crippen molar-refractivity contribution in [2.24, 2.45) is 0 Å². The second kappa shape index (κ2) is 6.95. The monoisotopic (exact) mass is 275 g/mol. The van der Waals surface area contributed by atoms with Crippen LogP contribution in [0.25, 0.3) is 0 Å². The molecule has 3 nitrogen and oxygen atoms in total. The Bertz CT molecular complexity index is 505. The number of rotatable bonds is 6. The van der Waals surface area contributed by atoms with Gasteiger partial charge in [-0.05, 0) is 36.1 Å². The van der Waals surface area contributed by atoms with Crippen molar-refractivity contribution >= 4 is 17.2 Å². The highest BCUT2D eigenvalue weighted by molar-refractivity contribution is 7.09. The summed E-state index contributed by atoms with van der Waals surface area (Å²) in [6, 6.07) is 11.6. The fraction of sp³-hybridized carbons (Fsp3) is 0.267. The average molecular weight is 275 g/mol. The van der Waals surface area contributed by atoms with Gasteiger partial charge in [-0.1, -0.05) is 18.2 Å². The summed E-state index contributed by atoms with van der Waals surface area (Å²) in [6.07, 6.45) is 0.401. The van der Waals surface area contributed by atoms with Gasteiger partial charge in [0.25, 0.3) is 0 Å². The van der Waals surface area contributed by atoms with Gasteiger partial charge in [0.05, 0.1) is 19.6 Å². The molecule has 0 saturated carbocycles. The van der Waals surface area contributed by atoms with Crippen molar-refractivity contribution in [2.45, 2.75) is 19.9 Å². The summed E-state index contributed by atoms with van der Waals surface area (Å²) >= 11 is 1.65. The van der Waals surface area contributed by atoms with Crippen LogP contribution in [0.4, 0.5) is 0 Å². The molecule has 0 aliphatic heterocycles. The Hall–Kier alpha value is -1.81. The molecule has 2 aromatic rings. The number of hydrogen-bond donors (Lipinski definition) is 1. The SMILES string of the molecule is CCOc1ccc(CC(=O)NCc2cccs2)cc1. The first kappa shape index (κ1) is 13.6. The zero-order valence-electron chi connectivity index (χ0n) is 10.9. The number of carbonyl (C=O) groups is 1. The van der Waals surface area contributed by atoms with Crippen molar-refractivity contribution in [3.63, 3.8) is 0 Å². The third-order valence-corrected chi connectivity index (χ3v) is 3.52. The standard InChI is InChI=1S/C15H17NO2S/c1-2-18-13-7-5-12(6-8-13)10-15(17)16-11-14-4-3-9-19-14/h3-9H,2,10-11H2,1H3,(H,16,17). The van der Waals surface area contributed by atoms with E-state index in [1.54, 1.807) is 11.3 Å². The number of carbonyl (C=O) groups excluding carboxylic acids is 1. The van der Waals surface area contributed by atoms with Crippen LogP contribution in [-0.4, -0.2) is 12.5 Å². The molecule has 0 fully saturated rings. The van der Waals surface area contributed by atoms with E-state index >= 15 is 0 Å². The van der Waals surface area contributed by atoms with Gasteiger partial charge in [-0.15, -0.1) is 11.3 Å².